The minimum Gasteiger partial charge on any atom is -0.383 e. The molecule has 1 aromatic rings. The predicted molar refractivity (Wildman–Crippen MR) is 93.7 cm³/mol. The highest BCUT2D eigenvalue weighted by molar-refractivity contribution is 7.90. The maximum Gasteiger partial charge on any atom is 0.191 e. The molecule has 130 valence electrons. The van der Waals surface area contributed by atoms with Gasteiger partial charge in [0.05, 0.1) is 11.5 Å². The van der Waals surface area contributed by atoms with Crippen molar-refractivity contribution in [1.29, 1.82) is 0 Å². The van der Waals surface area contributed by atoms with Crippen molar-refractivity contribution in [2.24, 2.45) is 4.99 Å². The van der Waals surface area contributed by atoms with Crippen LogP contribution in [0.15, 0.2) is 34.2 Å². The molecule has 0 aromatic heterocycles. The van der Waals surface area contributed by atoms with E-state index in [1.807, 2.05) is 26.0 Å². The predicted octanol–water partition coefficient (Wildman–Crippen LogP) is 1.22. The number of hydrogen-bond acceptors (Lipinski definition) is 4. The molecule has 23 heavy (non-hydrogen) atoms. The molecule has 0 aliphatic heterocycles. The third-order valence-electron chi connectivity index (χ3n) is 3.17. The van der Waals surface area contributed by atoms with Gasteiger partial charge in [-0.1, -0.05) is 12.1 Å². The molecular formula is C16H27N3O3S. The van der Waals surface area contributed by atoms with Gasteiger partial charge in [-0.05, 0) is 38.0 Å². The summed E-state index contributed by atoms with van der Waals surface area (Å²) in [5.74, 6) is 0.754. The molecule has 6 nitrogen and oxygen atoms in total. The lowest BCUT2D eigenvalue weighted by atomic mass is 10.1. The minimum atomic E-state index is -3.14. The molecule has 0 spiro atoms. The number of guanidine groups is 1. The Balaban J connectivity index is 2.60. The molecule has 1 rings (SSSR count). The molecule has 1 unspecified atom stereocenters. The van der Waals surface area contributed by atoms with Crippen molar-refractivity contribution in [2.75, 3.05) is 33.1 Å². The second kappa shape index (κ2) is 9.52. The standard InChI is InChI=1S/C16H27N3O3S/c1-5-17-16(19-13(2)12-22-3)18-11-10-14-6-8-15(9-7-14)23(4,20)21/h6-9,13H,5,10-12H2,1-4H3,(H2,17,18,19). The molecule has 1 atom stereocenters. The zero-order chi connectivity index (χ0) is 17.3. The van der Waals surface area contributed by atoms with Crippen LogP contribution in [0.2, 0.25) is 0 Å². The largest absolute Gasteiger partial charge is 0.383 e. The van der Waals surface area contributed by atoms with Crippen LogP contribution in [0.1, 0.15) is 19.4 Å². The lowest BCUT2D eigenvalue weighted by molar-refractivity contribution is 0.179. The van der Waals surface area contributed by atoms with Crippen molar-refractivity contribution in [1.82, 2.24) is 10.6 Å². The Morgan fingerprint density at radius 2 is 1.96 bits per heavy atom. The number of hydrogen-bond donors (Lipinski definition) is 2. The molecule has 0 aliphatic rings. The fourth-order valence-corrected chi connectivity index (χ4v) is 2.68. The Morgan fingerprint density at radius 1 is 1.30 bits per heavy atom. The van der Waals surface area contributed by atoms with Gasteiger partial charge >= 0.3 is 0 Å². The van der Waals surface area contributed by atoms with E-state index in [0.717, 1.165) is 24.5 Å². The van der Waals surface area contributed by atoms with Crippen LogP contribution in [0.3, 0.4) is 0 Å². The highest BCUT2D eigenvalue weighted by Crippen LogP contribution is 2.10. The highest BCUT2D eigenvalue weighted by Gasteiger charge is 2.06. The lowest BCUT2D eigenvalue weighted by Crippen LogP contribution is -2.44. The van der Waals surface area contributed by atoms with Gasteiger partial charge in [-0.2, -0.15) is 0 Å². The normalized spacial score (nSPS) is 13.7. The lowest BCUT2D eigenvalue weighted by Gasteiger charge is -2.16. The maximum atomic E-state index is 11.4. The van der Waals surface area contributed by atoms with Crippen molar-refractivity contribution in [3.63, 3.8) is 0 Å². The van der Waals surface area contributed by atoms with E-state index in [0.29, 0.717) is 18.0 Å². The Labute approximate surface area is 139 Å². The van der Waals surface area contributed by atoms with E-state index in [1.165, 1.54) is 6.26 Å². The van der Waals surface area contributed by atoms with Crippen LogP contribution in [0.25, 0.3) is 0 Å². The molecule has 0 amide bonds. The summed E-state index contributed by atoms with van der Waals surface area (Å²) < 4.78 is 28.0. The van der Waals surface area contributed by atoms with Gasteiger partial charge in [-0.15, -0.1) is 0 Å². The van der Waals surface area contributed by atoms with Gasteiger partial charge in [0.15, 0.2) is 15.8 Å². The van der Waals surface area contributed by atoms with E-state index < -0.39 is 9.84 Å². The SMILES string of the molecule is CCNC(=NCCc1ccc(S(C)(=O)=O)cc1)NC(C)COC. The highest BCUT2D eigenvalue weighted by atomic mass is 32.2. The quantitative estimate of drug-likeness (QED) is 0.549. The van der Waals surface area contributed by atoms with E-state index >= 15 is 0 Å². The van der Waals surface area contributed by atoms with Gasteiger partial charge in [0.2, 0.25) is 0 Å². The number of nitrogens with one attached hydrogen (secondary N) is 2. The van der Waals surface area contributed by atoms with Crippen LogP contribution in [-0.4, -0.2) is 53.5 Å². The summed E-state index contributed by atoms with van der Waals surface area (Å²) in [4.78, 5) is 4.86. The Bertz CT molecular complexity index is 598. The number of nitrogens with zero attached hydrogens (tertiary/aromatic N) is 1. The first-order valence-electron chi connectivity index (χ1n) is 7.69. The van der Waals surface area contributed by atoms with Crippen LogP contribution in [-0.2, 0) is 21.0 Å². The van der Waals surface area contributed by atoms with E-state index in [9.17, 15) is 8.42 Å². The molecule has 0 saturated heterocycles. The van der Waals surface area contributed by atoms with Gasteiger partial charge < -0.3 is 15.4 Å². The van der Waals surface area contributed by atoms with Crippen molar-refractivity contribution < 1.29 is 13.2 Å². The van der Waals surface area contributed by atoms with Gasteiger partial charge in [0.1, 0.15) is 0 Å². The molecular weight excluding hydrogens is 314 g/mol. The minimum absolute atomic E-state index is 0.173. The number of sulfone groups is 1. The first kappa shape index (κ1) is 19.4. The molecule has 0 fully saturated rings. The summed E-state index contributed by atoms with van der Waals surface area (Å²) in [5.41, 5.74) is 1.06. The van der Waals surface area contributed by atoms with Gasteiger partial charge in [-0.25, -0.2) is 8.42 Å². The fraction of sp³-hybridized carbons (Fsp3) is 0.562. The summed E-state index contributed by atoms with van der Waals surface area (Å²) in [6.07, 6.45) is 1.96. The number of methoxy groups -OCH3 is 1. The van der Waals surface area contributed by atoms with E-state index in [1.54, 1.807) is 19.2 Å². The Kier molecular flexibility index (Phi) is 8.05. The summed E-state index contributed by atoms with van der Waals surface area (Å²) >= 11 is 0. The maximum absolute atomic E-state index is 11.4. The summed E-state index contributed by atoms with van der Waals surface area (Å²) in [5, 5.41) is 6.46. The monoisotopic (exact) mass is 341 g/mol. The molecule has 0 aliphatic carbocycles. The second-order valence-electron chi connectivity index (χ2n) is 5.43. The van der Waals surface area contributed by atoms with Crippen molar-refractivity contribution in [2.45, 2.75) is 31.2 Å². The number of rotatable bonds is 8. The van der Waals surface area contributed by atoms with Gasteiger partial charge in [0, 0.05) is 32.5 Å². The third-order valence-corrected chi connectivity index (χ3v) is 4.29. The fourth-order valence-electron chi connectivity index (χ4n) is 2.05. The van der Waals surface area contributed by atoms with E-state index in [4.69, 9.17) is 4.74 Å². The molecule has 0 bridgehead atoms. The zero-order valence-electron chi connectivity index (χ0n) is 14.3. The van der Waals surface area contributed by atoms with Crippen molar-refractivity contribution in [3.05, 3.63) is 29.8 Å². The Hall–Kier alpha value is -1.60. The van der Waals surface area contributed by atoms with Crippen LogP contribution in [0.4, 0.5) is 0 Å². The summed E-state index contributed by atoms with van der Waals surface area (Å²) in [6.45, 7) is 6.06. The van der Waals surface area contributed by atoms with Gasteiger partial charge in [-0.3, -0.25) is 4.99 Å². The van der Waals surface area contributed by atoms with Crippen LogP contribution in [0.5, 0.6) is 0 Å². The van der Waals surface area contributed by atoms with Gasteiger partial charge in [0.25, 0.3) is 0 Å². The molecule has 2 N–H and O–H groups in total. The topological polar surface area (TPSA) is 79.8 Å². The molecule has 0 heterocycles. The number of benzene rings is 1. The number of aliphatic imine (C=N–C) groups is 1. The molecule has 0 saturated carbocycles. The van der Waals surface area contributed by atoms with Crippen LogP contribution in [0, 0.1) is 0 Å². The number of ether oxygens (including phenoxy) is 1. The van der Waals surface area contributed by atoms with E-state index in [2.05, 4.69) is 15.6 Å². The van der Waals surface area contributed by atoms with E-state index in [-0.39, 0.29) is 6.04 Å². The summed E-state index contributed by atoms with van der Waals surface area (Å²) in [6, 6.07) is 7.11. The zero-order valence-corrected chi connectivity index (χ0v) is 15.1. The van der Waals surface area contributed by atoms with Crippen LogP contribution < -0.4 is 10.6 Å². The molecule has 0 radical (unpaired) electrons. The Morgan fingerprint density at radius 3 is 2.48 bits per heavy atom. The second-order valence-corrected chi connectivity index (χ2v) is 7.44. The van der Waals surface area contributed by atoms with Crippen molar-refractivity contribution in [3.8, 4) is 0 Å². The summed E-state index contributed by atoms with van der Waals surface area (Å²) in [7, 11) is -1.47. The molecule has 7 heteroatoms. The smallest absolute Gasteiger partial charge is 0.191 e. The molecule has 1 aromatic carbocycles. The van der Waals surface area contributed by atoms with Crippen molar-refractivity contribution >= 4 is 15.8 Å². The average molecular weight is 341 g/mol. The first-order chi connectivity index (χ1) is 10.9. The average Bonchev–Trinajstić information content (AvgIpc) is 2.47. The first-order valence-corrected chi connectivity index (χ1v) is 9.58. The third kappa shape index (κ3) is 7.47. The van der Waals surface area contributed by atoms with Crippen LogP contribution >= 0.6 is 0 Å².